The minimum Gasteiger partial charge on any atom is -0.481 e. The summed E-state index contributed by atoms with van der Waals surface area (Å²) in [6, 6.07) is 11.9. The van der Waals surface area contributed by atoms with Gasteiger partial charge in [0.15, 0.2) is 0 Å². The maximum absolute atomic E-state index is 10.6. The van der Waals surface area contributed by atoms with E-state index in [1.807, 2.05) is 36.4 Å². The molecule has 2 rings (SSSR count). The number of aliphatic carboxylic acids is 1. The van der Waals surface area contributed by atoms with E-state index in [-0.39, 0.29) is 12.5 Å². The van der Waals surface area contributed by atoms with Crippen molar-refractivity contribution >= 4 is 5.97 Å². The predicted molar refractivity (Wildman–Crippen MR) is 77.3 cm³/mol. The van der Waals surface area contributed by atoms with Crippen LogP contribution in [0.3, 0.4) is 0 Å². The van der Waals surface area contributed by atoms with Gasteiger partial charge in [0, 0.05) is 25.0 Å². The van der Waals surface area contributed by atoms with Crippen LogP contribution in [0.5, 0.6) is 0 Å². The summed E-state index contributed by atoms with van der Waals surface area (Å²) in [4.78, 5) is 14.6. The second kappa shape index (κ2) is 6.82. The maximum Gasteiger partial charge on any atom is 0.307 e. The Morgan fingerprint density at radius 1 is 1.15 bits per heavy atom. The van der Waals surface area contributed by atoms with E-state index in [9.17, 15) is 4.79 Å². The quantitative estimate of drug-likeness (QED) is 0.847. The molecule has 1 heterocycles. The molecule has 20 heavy (non-hydrogen) atoms. The van der Waals surface area contributed by atoms with Gasteiger partial charge in [0.1, 0.15) is 0 Å². The number of carboxylic acid groups (broad SMARTS) is 1. The van der Waals surface area contributed by atoms with Crippen LogP contribution < -0.4 is 5.32 Å². The summed E-state index contributed by atoms with van der Waals surface area (Å²) in [5, 5.41) is 12.2. The number of aromatic nitrogens is 1. The van der Waals surface area contributed by atoms with Crippen LogP contribution in [-0.2, 0) is 17.8 Å². The van der Waals surface area contributed by atoms with Gasteiger partial charge in [0.05, 0.1) is 6.42 Å². The molecule has 1 aromatic heterocycles. The number of carboxylic acids is 1. The minimum atomic E-state index is -0.804. The third-order valence-corrected chi connectivity index (χ3v) is 3.20. The van der Waals surface area contributed by atoms with Crippen molar-refractivity contribution in [2.24, 2.45) is 0 Å². The number of benzene rings is 1. The third-order valence-electron chi connectivity index (χ3n) is 3.20. The van der Waals surface area contributed by atoms with E-state index in [4.69, 9.17) is 5.11 Å². The van der Waals surface area contributed by atoms with Gasteiger partial charge in [-0.05, 0) is 35.7 Å². The number of carbonyl (C=O) groups is 1. The molecule has 1 atom stereocenters. The summed E-state index contributed by atoms with van der Waals surface area (Å²) in [7, 11) is 0. The van der Waals surface area contributed by atoms with Gasteiger partial charge >= 0.3 is 5.97 Å². The molecular weight excluding hydrogens is 252 g/mol. The molecule has 0 radical (unpaired) electrons. The van der Waals surface area contributed by atoms with Crippen molar-refractivity contribution in [3.8, 4) is 0 Å². The van der Waals surface area contributed by atoms with Gasteiger partial charge in [-0.15, -0.1) is 0 Å². The molecule has 0 bridgehead atoms. The van der Waals surface area contributed by atoms with Gasteiger partial charge in [-0.1, -0.05) is 24.3 Å². The summed E-state index contributed by atoms with van der Waals surface area (Å²) in [5.41, 5.74) is 3.16. The largest absolute Gasteiger partial charge is 0.481 e. The number of hydrogen-bond donors (Lipinski definition) is 2. The van der Waals surface area contributed by atoms with E-state index in [1.165, 1.54) is 5.56 Å². The van der Waals surface area contributed by atoms with Crippen LogP contribution in [0.2, 0.25) is 0 Å². The lowest BCUT2D eigenvalue weighted by molar-refractivity contribution is -0.136. The highest BCUT2D eigenvalue weighted by Gasteiger charge is 2.04. The van der Waals surface area contributed by atoms with Gasteiger partial charge in [0.25, 0.3) is 0 Å². The molecule has 4 nitrogen and oxygen atoms in total. The Bertz CT molecular complexity index is 552. The van der Waals surface area contributed by atoms with Crippen molar-refractivity contribution < 1.29 is 9.90 Å². The predicted octanol–water partition coefficient (Wildman–Crippen LogP) is 2.56. The Morgan fingerprint density at radius 3 is 2.35 bits per heavy atom. The van der Waals surface area contributed by atoms with Crippen molar-refractivity contribution in [1.82, 2.24) is 10.3 Å². The van der Waals surface area contributed by atoms with Crippen LogP contribution >= 0.6 is 0 Å². The van der Waals surface area contributed by atoms with Crippen LogP contribution in [0.15, 0.2) is 48.8 Å². The van der Waals surface area contributed by atoms with Gasteiger partial charge < -0.3 is 10.4 Å². The van der Waals surface area contributed by atoms with E-state index in [2.05, 4.69) is 17.2 Å². The maximum atomic E-state index is 10.6. The molecule has 1 aromatic carbocycles. The summed E-state index contributed by atoms with van der Waals surface area (Å²) in [5.74, 6) is -0.804. The molecule has 1 unspecified atom stereocenters. The Kier molecular flexibility index (Phi) is 4.85. The van der Waals surface area contributed by atoms with Crippen LogP contribution in [0.4, 0.5) is 0 Å². The standard InChI is InChI=1S/C16H18N2O2/c1-12(15-6-8-17-9-7-15)18-11-14-4-2-13(3-5-14)10-16(19)20/h2-9,12,18H,10-11H2,1H3,(H,19,20). The summed E-state index contributed by atoms with van der Waals surface area (Å²) in [6.07, 6.45) is 3.64. The third kappa shape index (κ3) is 4.17. The Balaban J connectivity index is 1.89. The highest BCUT2D eigenvalue weighted by molar-refractivity contribution is 5.70. The number of pyridine rings is 1. The average molecular weight is 270 g/mol. The van der Waals surface area contributed by atoms with Crippen LogP contribution in [0.25, 0.3) is 0 Å². The van der Waals surface area contributed by atoms with E-state index in [1.54, 1.807) is 12.4 Å². The first-order valence-corrected chi connectivity index (χ1v) is 6.58. The van der Waals surface area contributed by atoms with Crippen LogP contribution in [-0.4, -0.2) is 16.1 Å². The van der Waals surface area contributed by atoms with Gasteiger partial charge in [-0.3, -0.25) is 9.78 Å². The van der Waals surface area contributed by atoms with Crippen molar-refractivity contribution in [1.29, 1.82) is 0 Å². The minimum absolute atomic E-state index is 0.0706. The smallest absolute Gasteiger partial charge is 0.307 e. The van der Waals surface area contributed by atoms with E-state index in [0.29, 0.717) is 0 Å². The first kappa shape index (κ1) is 14.2. The Labute approximate surface area is 118 Å². The second-order valence-corrected chi connectivity index (χ2v) is 4.77. The van der Waals surface area contributed by atoms with E-state index < -0.39 is 5.97 Å². The summed E-state index contributed by atoms with van der Waals surface area (Å²) < 4.78 is 0. The molecule has 2 N–H and O–H groups in total. The monoisotopic (exact) mass is 270 g/mol. The van der Waals surface area contributed by atoms with Crippen molar-refractivity contribution in [3.05, 3.63) is 65.5 Å². The zero-order valence-electron chi connectivity index (χ0n) is 11.4. The lowest BCUT2D eigenvalue weighted by atomic mass is 10.1. The number of rotatable bonds is 6. The fraction of sp³-hybridized carbons (Fsp3) is 0.250. The van der Waals surface area contributed by atoms with Crippen LogP contribution in [0, 0.1) is 0 Å². The van der Waals surface area contributed by atoms with Crippen LogP contribution in [0.1, 0.15) is 29.7 Å². The molecule has 0 amide bonds. The van der Waals surface area contributed by atoms with Gasteiger partial charge in [-0.2, -0.15) is 0 Å². The van der Waals surface area contributed by atoms with Crippen molar-refractivity contribution in [2.45, 2.75) is 25.9 Å². The highest BCUT2D eigenvalue weighted by Crippen LogP contribution is 2.12. The van der Waals surface area contributed by atoms with Gasteiger partial charge in [-0.25, -0.2) is 0 Å². The lowest BCUT2D eigenvalue weighted by Gasteiger charge is -2.14. The van der Waals surface area contributed by atoms with Gasteiger partial charge in [0.2, 0.25) is 0 Å². The normalized spacial score (nSPS) is 12.1. The molecule has 0 saturated heterocycles. The SMILES string of the molecule is CC(NCc1ccc(CC(=O)O)cc1)c1ccncc1. The lowest BCUT2D eigenvalue weighted by Crippen LogP contribution is -2.18. The molecular formula is C16H18N2O2. The number of hydrogen-bond acceptors (Lipinski definition) is 3. The highest BCUT2D eigenvalue weighted by atomic mass is 16.4. The molecule has 0 aliphatic carbocycles. The molecule has 4 heteroatoms. The second-order valence-electron chi connectivity index (χ2n) is 4.77. The molecule has 0 aliphatic rings. The topological polar surface area (TPSA) is 62.2 Å². The number of nitrogens with zero attached hydrogens (tertiary/aromatic N) is 1. The number of nitrogens with one attached hydrogen (secondary N) is 1. The first-order chi connectivity index (χ1) is 9.65. The zero-order valence-corrected chi connectivity index (χ0v) is 11.4. The molecule has 0 aliphatic heterocycles. The summed E-state index contributed by atoms with van der Waals surface area (Å²) >= 11 is 0. The Hall–Kier alpha value is -2.20. The average Bonchev–Trinajstić information content (AvgIpc) is 2.46. The zero-order chi connectivity index (χ0) is 14.4. The molecule has 0 spiro atoms. The van der Waals surface area contributed by atoms with Crippen molar-refractivity contribution in [2.75, 3.05) is 0 Å². The molecule has 104 valence electrons. The first-order valence-electron chi connectivity index (χ1n) is 6.58. The fourth-order valence-corrected chi connectivity index (χ4v) is 1.99. The molecule has 0 fully saturated rings. The molecule has 0 saturated carbocycles. The fourth-order valence-electron chi connectivity index (χ4n) is 1.99. The molecule has 2 aromatic rings. The van der Waals surface area contributed by atoms with E-state index >= 15 is 0 Å². The van der Waals surface area contributed by atoms with Crippen molar-refractivity contribution in [3.63, 3.8) is 0 Å². The Morgan fingerprint density at radius 2 is 1.75 bits per heavy atom. The summed E-state index contributed by atoms with van der Waals surface area (Å²) in [6.45, 7) is 2.85. The van der Waals surface area contributed by atoms with E-state index in [0.717, 1.165) is 17.7 Å².